The quantitative estimate of drug-likeness (QED) is 0.799. The fourth-order valence-electron chi connectivity index (χ4n) is 4.43. The molecule has 3 aliphatic heterocycles. The third-order valence-corrected chi connectivity index (χ3v) is 5.86. The molecule has 0 radical (unpaired) electrons. The highest BCUT2D eigenvalue weighted by molar-refractivity contribution is 5.85. The fraction of sp³-hybridized carbons (Fsp3) is 0.944. The second-order valence-corrected chi connectivity index (χ2v) is 8.03. The van der Waals surface area contributed by atoms with Gasteiger partial charge in [-0.2, -0.15) is 0 Å². The average Bonchev–Trinajstić information content (AvgIpc) is 2.80. The highest BCUT2D eigenvalue weighted by Crippen LogP contribution is 2.42. The summed E-state index contributed by atoms with van der Waals surface area (Å²) in [7, 11) is 0. The van der Waals surface area contributed by atoms with E-state index in [0.717, 1.165) is 64.6 Å². The molecule has 0 N–H and O–H groups in total. The summed E-state index contributed by atoms with van der Waals surface area (Å²) >= 11 is 0. The molecule has 3 heterocycles. The van der Waals surface area contributed by atoms with Crippen LogP contribution in [0.1, 0.15) is 46.0 Å². The third-order valence-electron chi connectivity index (χ3n) is 5.86. The number of carbonyl (C=O) groups excluding carboxylic acids is 1. The maximum absolute atomic E-state index is 12.8. The normalized spacial score (nSPS) is 27.2. The van der Waals surface area contributed by atoms with Crippen LogP contribution < -0.4 is 0 Å². The van der Waals surface area contributed by atoms with Crippen LogP contribution in [0.2, 0.25) is 0 Å². The molecule has 1 spiro atoms. The number of likely N-dealkylation sites (tertiary alicyclic amines) is 2. The molecule has 126 valence electrons. The first kappa shape index (κ1) is 16.3. The van der Waals surface area contributed by atoms with Gasteiger partial charge in [-0.3, -0.25) is 4.79 Å². The van der Waals surface area contributed by atoms with E-state index in [0.29, 0.717) is 11.8 Å². The molecule has 4 heteroatoms. The van der Waals surface area contributed by atoms with Crippen molar-refractivity contribution in [2.45, 2.75) is 46.0 Å². The molecule has 0 aromatic carbocycles. The first-order valence-electron chi connectivity index (χ1n) is 9.18. The van der Waals surface area contributed by atoms with Crippen molar-refractivity contribution in [3.8, 4) is 0 Å². The topological polar surface area (TPSA) is 32.8 Å². The summed E-state index contributed by atoms with van der Waals surface area (Å²) < 4.78 is 5.45. The summed E-state index contributed by atoms with van der Waals surface area (Å²) in [6.07, 6.45) is 5.66. The molecule has 3 rings (SSSR count). The predicted molar refractivity (Wildman–Crippen MR) is 87.7 cm³/mol. The van der Waals surface area contributed by atoms with Crippen molar-refractivity contribution in [2.75, 3.05) is 45.9 Å². The molecule has 4 nitrogen and oxygen atoms in total. The smallest absolute Gasteiger partial charge is 0.228 e. The largest absolute Gasteiger partial charge is 0.381 e. The van der Waals surface area contributed by atoms with Crippen LogP contribution >= 0.6 is 0 Å². The van der Waals surface area contributed by atoms with Crippen LogP contribution in [0.4, 0.5) is 0 Å². The number of amides is 1. The van der Waals surface area contributed by atoms with Gasteiger partial charge in [0.1, 0.15) is 0 Å². The molecule has 3 fully saturated rings. The van der Waals surface area contributed by atoms with Crippen LogP contribution in [0.3, 0.4) is 0 Å². The number of piperidine rings is 1. The number of carbonyl (C=O) groups is 1. The molecule has 0 aromatic rings. The Morgan fingerprint density at radius 3 is 2.41 bits per heavy atom. The van der Waals surface area contributed by atoms with Gasteiger partial charge in [-0.15, -0.1) is 0 Å². The van der Waals surface area contributed by atoms with Crippen molar-refractivity contribution >= 4 is 5.91 Å². The van der Waals surface area contributed by atoms with Gasteiger partial charge < -0.3 is 14.5 Å². The van der Waals surface area contributed by atoms with Crippen LogP contribution in [0.15, 0.2) is 0 Å². The minimum Gasteiger partial charge on any atom is -0.381 e. The molecule has 0 aliphatic carbocycles. The highest BCUT2D eigenvalue weighted by Gasteiger charge is 2.47. The molecular formula is C18H32N2O2. The Morgan fingerprint density at radius 1 is 1.14 bits per heavy atom. The lowest BCUT2D eigenvalue weighted by Crippen LogP contribution is -2.46. The van der Waals surface area contributed by atoms with E-state index in [1.165, 1.54) is 19.4 Å². The van der Waals surface area contributed by atoms with E-state index in [2.05, 4.69) is 23.6 Å². The standard InChI is InChI=1S/C18H32N2O2/c1-15(2)13-20-10-7-18(17(20)21)5-8-19(9-6-18)14-16-3-11-22-12-4-16/h15-16H,3-14H2,1-2H3. The average molecular weight is 308 g/mol. The van der Waals surface area contributed by atoms with E-state index in [9.17, 15) is 4.79 Å². The monoisotopic (exact) mass is 308 g/mol. The van der Waals surface area contributed by atoms with Gasteiger partial charge >= 0.3 is 0 Å². The van der Waals surface area contributed by atoms with Crippen LogP contribution in [0.5, 0.6) is 0 Å². The van der Waals surface area contributed by atoms with Crippen molar-refractivity contribution in [3.05, 3.63) is 0 Å². The number of ether oxygens (including phenoxy) is 1. The van der Waals surface area contributed by atoms with Crippen molar-refractivity contribution in [1.29, 1.82) is 0 Å². The van der Waals surface area contributed by atoms with Gasteiger partial charge in [0.15, 0.2) is 0 Å². The van der Waals surface area contributed by atoms with Crippen molar-refractivity contribution < 1.29 is 9.53 Å². The van der Waals surface area contributed by atoms with Gasteiger partial charge in [-0.25, -0.2) is 0 Å². The summed E-state index contributed by atoms with van der Waals surface area (Å²) in [5.74, 6) is 1.83. The number of rotatable bonds is 4. The van der Waals surface area contributed by atoms with Crippen molar-refractivity contribution in [3.63, 3.8) is 0 Å². The van der Waals surface area contributed by atoms with E-state index in [4.69, 9.17) is 4.74 Å². The lowest BCUT2D eigenvalue weighted by molar-refractivity contribution is -0.138. The number of hydrogen-bond donors (Lipinski definition) is 0. The van der Waals surface area contributed by atoms with E-state index in [1.807, 2.05) is 0 Å². The van der Waals surface area contributed by atoms with Gasteiger partial charge in [0.05, 0.1) is 5.41 Å². The van der Waals surface area contributed by atoms with Crippen LogP contribution in [0.25, 0.3) is 0 Å². The van der Waals surface area contributed by atoms with Crippen LogP contribution in [-0.4, -0.2) is 61.6 Å². The molecule has 22 heavy (non-hydrogen) atoms. The molecule has 3 saturated heterocycles. The predicted octanol–water partition coefficient (Wildman–Crippen LogP) is 2.38. The summed E-state index contributed by atoms with van der Waals surface area (Å²) in [6, 6.07) is 0. The second-order valence-electron chi connectivity index (χ2n) is 8.03. The van der Waals surface area contributed by atoms with Crippen molar-refractivity contribution in [2.24, 2.45) is 17.3 Å². The van der Waals surface area contributed by atoms with Gasteiger partial charge in [0.25, 0.3) is 0 Å². The molecule has 0 aromatic heterocycles. The lowest BCUT2D eigenvalue weighted by Gasteiger charge is -2.39. The Hall–Kier alpha value is -0.610. The van der Waals surface area contributed by atoms with Crippen LogP contribution in [-0.2, 0) is 9.53 Å². The fourth-order valence-corrected chi connectivity index (χ4v) is 4.43. The van der Waals surface area contributed by atoms with Gasteiger partial charge in [0.2, 0.25) is 5.91 Å². The van der Waals surface area contributed by atoms with Gasteiger partial charge in [-0.1, -0.05) is 13.8 Å². The molecule has 1 amide bonds. The Bertz CT molecular complexity index is 383. The molecule has 3 aliphatic rings. The lowest BCUT2D eigenvalue weighted by atomic mass is 9.77. The number of nitrogens with zero attached hydrogens (tertiary/aromatic N) is 2. The van der Waals surface area contributed by atoms with Crippen molar-refractivity contribution in [1.82, 2.24) is 9.80 Å². The van der Waals surface area contributed by atoms with Crippen LogP contribution in [0, 0.1) is 17.3 Å². The molecule has 0 saturated carbocycles. The van der Waals surface area contributed by atoms with E-state index in [-0.39, 0.29) is 5.41 Å². The maximum atomic E-state index is 12.8. The maximum Gasteiger partial charge on any atom is 0.228 e. The third kappa shape index (κ3) is 3.48. The minimum atomic E-state index is -0.0128. The zero-order valence-electron chi connectivity index (χ0n) is 14.4. The Morgan fingerprint density at radius 2 is 1.77 bits per heavy atom. The summed E-state index contributed by atoms with van der Waals surface area (Å²) in [5.41, 5.74) is -0.0128. The van der Waals surface area contributed by atoms with E-state index < -0.39 is 0 Å². The van der Waals surface area contributed by atoms with Gasteiger partial charge in [-0.05, 0) is 57.0 Å². The summed E-state index contributed by atoms with van der Waals surface area (Å²) in [4.78, 5) is 17.5. The molecule has 0 unspecified atom stereocenters. The Balaban J connectivity index is 1.49. The zero-order chi connectivity index (χ0) is 15.6. The summed E-state index contributed by atoms with van der Waals surface area (Å²) in [6.45, 7) is 11.6. The Kier molecular flexibility index (Phi) is 5.08. The van der Waals surface area contributed by atoms with Gasteiger partial charge in [0, 0.05) is 32.8 Å². The van der Waals surface area contributed by atoms with E-state index in [1.54, 1.807) is 0 Å². The Labute approximate surface area is 135 Å². The second kappa shape index (κ2) is 6.88. The summed E-state index contributed by atoms with van der Waals surface area (Å²) in [5, 5.41) is 0. The molecular weight excluding hydrogens is 276 g/mol. The zero-order valence-corrected chi connectivity index (χ0v) is 14.4. The first-order valence-corrected chi connectivity index (χ1v) is 9.18. The highest BCUT2D eigenvalue weighted by atomic mass is 16.5. The molecule has 0 atom stereocenters. The SMILES string of the molecule is CC(C)CN1CCC2(CCN(CC3CCOCC3)CC2)C1=O. The molecule has 0 bridgehead atoms. The minimum absolute atomic E-state index is 0.0128. The number of hydrogen-bond acceptors (Lipinski definition) is 3. The first-order chi connectivity index (χ1) is 10.6. The van der Waals surface area contributed by atoms with E-state index >= 15 is 0 Å².